The van der Waals surface area contributed by atoms with Crippen LogP contribution in [-0.4, -0.2) is 39.5 Å². The van der Waals surface area contributed by atoms with Crippen LogP contribution in [0.2, 0.25) is 0 Å². The minimum Gasteiger partial charge on any atom is -0.340 e. The van der Waals surface area contributed by atoms with Gasteiger partial charge in [0.25, 0.3) is 0 Å². The molecule has 3 heterocycles. The van der Waals surface area contributed by atoms with E-state index in [1.165, 1.54) is 17.7 Å². The summed E-state index contributed by atoms with van der Waals surface area (Å²) in [5.74, 6) is 1.57. The Morgan fingerprint density at radius 2 is 1.87 bits per heavy atom. The molecule has 6 nitrogen and oxygen atoms in total. The van der Waals surface area contributed by atoms with Gasteiger partial charge in [-0.2, -0.15) is 0 Å². The summed E-state index contributed by atoms with van der Waals surface area (Å²) in [5, 5.41) is 6.69. The number of carbonyl (C=O) groups excluding carboxylic acids is 1. The average Bonchev–Trinajstić information content (AvgIpc) is 3.06. The van der Waals surface area contributed by atoms with E-state index < -0.39 is 0 Å². The number of aromatic nitrogens is 2. The lowest BCUT2D eigenvalue weighted by molar-refractivity contribution is -0.136. The number of nitrogens with zero attached hydrogens (tertiary/aromatic N) is 3. The topological polar surface area (TPSA) is 62.2 Å². The Labute approximate surface area is 174 Å². The summed E-state index contributed by atoms with van der Waals surface area (Å²) in [6, 6.07) is 14.5. The lowest BCUT2D eigenvalue weighted by Crippen LogP contribution is -2.55. The zero-order valence-electron chi connectivity index (χ0n) is 16.9. The smallest absolute Gasteiger partial charge is 0.240 e. The standard InChI is InChI=1S/C23H24FN5O/c1-15-2-8-18(9-3-15)26-22-21(16-4-6-17(24)7-5-16)27-20-14-28(12-13-29(20)22)23(30)19-10-11-25-19/h2-9,19,25-26H,10-14H2,1H3/t19-/m0/s1. The van der Waals surface area contributed by atoms with Crippen molar-refractivity contribution in [3.05, 3.63) is 65.7 Å². The van der Waals surface area contributed by atoms with Crippen molar-refractivity contribution in [1.29, 1.82) is 0 Å². The number of imidazole rings is 1. The van der Waals surface area contributed by atoms with Gasteiger partial charge < -0.3 is 20.1 Å². The van der Waals surface area contributed by atoms with Crippen LogP contribution in [0.1, 0.15) is 17.8 Å². The number of aryl methyl sites for hydroxylation is 1. The lowest BCUT2D eigenvalue weighted by atomic mass is 10.1. The molecule has 0 radical (unpaired) electrons. The van der Waals surface area contributed by atoms with Crippen LogP contribution in [0.25, 0.3) is 11.3 Å². The number of benzene rings is 2. The van der Waals surface area contributed by atoms with Gasteiger partial charge in [0.15, 0.2) is 0 Å². The number of anilines is 2. The highest BCUT2D eigenvalue weighted by atomic mass is 19.1. The highest BCUT2D eigenvalue weighted by Gasteiger charge is 2.32. The molecule has 1 atom stereocenters. The number of nitrogens with one attached hydrogen (secondary N) is 2. The normalized spacial score (nSPS) is 17.9. The number of fused-ring (bicyclic) bond motifs is 1. The van der Waals surface area contributed by atoms with Crippen molar-refractivity contribution >= 4 is 17.4 Å². The molecule has 2 aliphatic rings. The van der Waals surface area contributed by atoms with Crippen molar-refractivity contribution in [2.75, 3.05) is 18.4 Å². The summed E-state index contributed by atoms with van der Waals surface area (Å²) >= 11 is 0. The molecule has 30 heavy (non-hydrogen) atoms. The van der Waals surface area contributed by atoms with E-state index in [0.717, 1.165) is 41.6 Å². The molecule has 1 saturated heterocycles. The van der Waals surface area contributed by atoms with Gasteiger partial charge in [0, 0.05) is 24.3 Å². The number of halogens is 1. The summed E-state index contributed by atoms with van der Waals surface area (Å²) in [6.45, 7) is 4.73. The molecular weight excluding hydrogens is 381 g/mol. The van der Waals surface area contributed by atoms with E-state index in [4.69, 9.17) is 4.98 Å². The summed E-state index contributed by atoms with van der Waals surface area (Å²) in [6.07, 6.45) is 0.894. The third-order valence-electron chi connectivity index (χ3n) is 5.84. The predicted molar refractivity (Wildman–Crippen MR) is 114 cm³/mol. The monoisotopic (exact) mass is 405 g/mol. The summed E-state index contributed by atoms with van der Waals surface area (Å²) < 4.78 is 15.6. The van der Waals surface area contributed by atoms with E-state index in [-0.39, 0.29) is 17.8 Å². The fourth-order valence-corrected chi connectivity index (χ4v) is 3.95. The zero-order valence-corrected chi connectivity index (χ0v) is 16.9. The molecule has 1 amide bonds. The Morgan fingerprint density at radius 3 is 2.53 bits per heavy atom. The summed E-state index contributed by atoms with van der Waals surface area (Å²) in [5.41, 5.74) is 3.75. The molecule has 1 fully saturated rings. The first-order chi connectivity index (χ1) is 14.6. The lowest BCUT2D eigenvalue weighted by Gasteiger charge is -2.35. The Morgan fingerprint density at radius 1 is 1.13 bits per heavy atom. The molecule has 0 unspecified atom stereocenters. The molecule has 5 rings (SSSR count). The van der Waals surface area contributed by atoms with E-state index in [0.29, 0.717) is 19.6 Å². The number of amides is 1. The van der Waals surface area contributed by atoms with Crippen LogP contribution in [-0.2, 0) is 17.9 Å². The molecule has 2 aliphatic heterocycles. The van der Waals surface area contributed by atoms with Crippen LogP contribution in [0.3, 0.4) is 0 Å². The van der Waals surface area contributed by atoms with Crippen molar-refractivity contribution in [1.82, 2.24) is 19.8 Å². The third kappa shape index (κ3) is 3.45. The first-order valence-corrected chi connectivity index (χ1v) is 10.3. The minimum atomic E-state index is -0.277. The maximum Gasteiger partial charge on any atom is 0.240 e. The minimum absolute atomic E-state index is 0.0618. The van der Waals surface area contributed by atoms with E-state index in [9.17, 15) is 9.18 Å². The molecule has 0 saturated carbocycles. The van der Waals surface area contributed by atoms with Crippen LogP contribution < -0.4 is 10.6 Å². The van der Waals surface area contributed by atoms with Gasteiger partial charge in [-0.3, -0.25) is 4.79 Å². The van der Waals surface area contributed by atoms with E-state index in [1.807, 2.05) is 17.0 Å². The molecule has 0 aliphatic carbocycles. The van der Waals surface area contributed by atoms with E-state index in [1.54, 1.807) is 12.1 Å². The molecule has 2 aromatic carbocycles. The first kappa shape index (κ1) is 18.8. The van der Waals surface area contributed by atoms with Crippen molar-refractivity contribution in [3.63, 3.8) is 0 Å². The summed E-state index contributed by atoms with van der Waals surface area (Å²) in [4.78, 5) is 19.4. The second-order valence-corrected chi connectivity index (χ2v) is 7.93. The van der Waals surface area contributed by atoms with Crippen molar-refractivity contribution < 1.29 is 9.18 Å². The maximum absolute atomic E-state index is 13.5. The van der Waals surface area contributed by atoms with Crippen LogP contribution in [0.4, 0.5) is 15.9 Å². The molecule has 3 aromatic rings. The first-order valence-electron chi connectivity index (χ1n) is 10.3. The third-order valence-corrected chi connectivity index (χ3v) is 5.84. The number of rotatable bonds is 4. The molecule has 0 spiro atoms. The van der Waals surface area contributed by atoms with E-state index >= 15 is 0 Å². The Balaban J connectivity index is 1.51. The number of carbonyl (C=O) groups is 1. The highest BCUT2D eigenvalue weighted by molar-refractivity contribution is 5.83. The van der Waals surface area contributed by atoms with Crippen LogP contribution in [0.15, 0.2) is 48.5 Å². The predicted octanol–water partition coefficient (Wildman–Crippen LogP) is 3.45. The van der Waals surface area contributed by atoms with Gasteiger partial charge in [-0.25, -0.2) is 9.37 Å². The van der Waals surface area contributed by atoms with Gasteiger partial charge in [-0.15, -0.1) is 0 Å². The van der Waals surface area contributed by atoms with Gasteiger partial charge in [-0.1, -0.05) is 17.7 Å². The van der Waals surface area contributed by atoms with Crippen molar-refractivity contribution in [2.45, 2.75) is 32.5 Å². The fourth-order valence-electron chi connectivity index (χ4n) is 3.95. The van der Waals surface area contributed by atoms with Gasteiger partial charge in [0.2, 0.25) is 5.91 Å². The van der Waals surface area contributed by atoms with Crippen LogP contribution in [0.5, 0.6) is 0 Å². The van der Waals surface area contributed by atoms with Crippen molar-refractivity contribution in [2.24, 2.45) is 0 Å². The van der Waals surface area contributed by atoms with Gasteiger partial charge in [0.05, 0.1) is 12.6 Å². The molecule has 0 bridgehead atoms. The quantitative estimate of drug-likeness (QED) is 0.698. The fraction of sp³-hybridized carbons (Fsp3) is 0.304. The number of hydrogen-bond donors (Lipinski definition) is 2. The largest absolute Gasteiger partial charge is 0.340 e. The average molecular weight is 405 g/mol. The van der Waals surface area contributed by atoms with Gasteiger partial charge >= 0.3 is 0 Å². The molecule has 1 aromatic heterocycles. The van der Waals surface area contributed by atoms with E-state index in [2.05, 4.69) is 34.3 Å². The molecule has 2 N–H and O–H groups in total. The second-order valence-electron chi connectivity index (χ2n) is 7.93. The number of hydrogen-bond acceptors (Lipinski definition) is 4. The molecule has 7 heteroatoms. The summed E-state index contributed by atoms with van der Waals surface area (Å²) in [7, 11) is 0. The zero-order chi connectivity index (χ0) is 20.7. The van der Waals surface area contributed by atoms with Crippen LogP contribution >= 0.6 is 0 Å². The SMILES string of the molecule is Cc1ccc(Nc2c(-c3ccc(F)cc3)nc3n2CCN(C(=O)[C@@H]2CCN2)C3)cc1. The molecule has 154 valence electrons. The van der Waals surface area contributed by atoms with Gasteiger partial charge in [0.1, 0.15) is 23.2 Å². The Bertz CT molecular complexity index is 1070. The van der Waals surface area contributed by atoms with Crippen molar-refractivity contribution in [3.8, 4) is 11.3 Å². The second kappa shape index (κ2) is 7.57. The van der Waals surface area contributed by atoms with Gasteiger partial charge in [-0.05, 0) is 56.3 Å². The Hall–Kier alpha value is -3.19. The van der Waals surface area contributed by atoms with Crippen LogP contribution in [0, 0.1) is 12.7 Å². The maximum atomic E-state index is 13.5. The highest BCUT2D eigenvalue weighted by Crippen LogP contribution is 2.33. The molecular formula is C23H24FN5O. The Kier molecular flexibility index (Phi) is 4.75.